The van der Waals surface area contributed by atoms with Crippen LogP contribution in [0, 0.1) is 0 Å². The van der Waals surface area contributed by atoms with E-state index in [-0.39, 0.29) is 5.56 Å². The van der Waals surface area contributed by atoms with Crippen LogP contribution in [-0.4, -0.2) is 11.9 Å². The van der Waals surface area contributed by atoms with E-state index < -0.39 is 29.4 Å². The molecule has 0 aliphatic rings. The standard InChI is InChI=1S/C21H15F3N2O3/c22-21(23,24)17-8-4-5-9-18(17)29-26-20(28)25-19(27)16-12-10-15(11-13-16)14-6-2-1-3-7-14/h1-13H,(H2,25,26,27,28). The summed E-state index contributed by atoms with van der Waals surface area (Å²) in [4.78, 5) is 28.6. The lowest BCUT2D eigenvalue weighted by atomic mass is 10.0. The molecule has 0 saturated heterocycles. The molecule has 0 spiro atoms. The zero-order chi connectivity index (χ0) is 20.9. The second-order valence-corrected chi connectivity index (χ2v) is 5.92. The summed E-state index contributed by atoms with van der Waals surface area (Å²) in [5.41, 5.74) is 2.78. The lowest BCUT2D eigenvalue weighted by molar-refractivity contribution is -0.139. The van der Waals surface area contributed by atoms with Gasteiger partial charge in [0.25, 0.3) is 5.91 Å². The molecule has 3 rings (SSSR count). The van der Waals surface area contributed by atoms with Crippen molar-refractivity contribution in [2.75, 3.05) is 0 Å². The van der Waals surface area contributed by atoms with Gasteiger partial charge in [-0.15, -0.1) is 0 Å². The van der Waals surface area contributed by atoms with Gasteiger partial charge in [-0.3, -0.25) is 10.1 Å². The summed E-state index contributed by atoms with van der Waals surface area (Å²) in [6.45, 7) is 0. The normalized spacial score (nSPS) is 10.9. The first kappa shape index (κ1) is 19.9. The number of amides is 3. The monoisotopic (exact) mass is 400 g/mol. The van der Waals surface area contributed by atoms with Crippen molar-refractivity contribution in [3.05, 3.63) is 90.0 Å². The summed E-state index contributed by atoms with van der Waals surface area (Å²) in [5.74, 6) is -1.32. The third kappa shape index (κ3) is 5.13. The predicted molar refractivity (Wildman–Crippen MR) is 99.9 cm³/mol. The second-order valence-electron chi connectivity index (χ2n) is 5.92. The molecule has 5 nitrogen and oxygen atoms in total. The van der Waals surface area contributed by atoms with Crippen LogP contribution in [0.3, 0.4) is 0 Å². The average Bonchev–Trinajstić information content (AvgIpc) is 2.72. The zero-order valence-corrected chi connectivity index (χ0v) is 14.9. The number of para-hydroxylation sites is 1. The highest BCUT2D eigenvalue weighted by molar-refractivity contribution is 6.04. The highest BCUT2D eigenvalue weighted by Crippen LogP contribution is 2.35. The molecule has 148 valence electrons. The van der Waals surface area contributed by atoms with Crippen LogP contribution < -0.4 is 15.6 Å². The first-order valence-electron chi connectivity index (χ1n) is 8.44. The summed E-state index contributed by atoms with van der Waals surface area (Å²) in [7, 11) is 0. The number of nitrogens with one attached hydrogen (secondary N) is 2. The number of urea groups is 1. The van der Waals surface area contributed by atoms with Gasteiger partial charge >= 0.3 is 12.2 Å². The number of carbonyl (C=O) groups is 2. The Balaban J connectivity index is 1.59. The summed E-state index contributed by atoms with van der Waals surface area (Å²) >= 11 is 0. The number of hydrogen-bond donors (Lipinski definition) is 2. The molecule has 0 aliphatic heterocycles. The SMILES string of the molecule is O=C(NOc1ccccc1C(F)(F)F)NC(=O)c1ccc(-c2ccccc2)cc1. The summed E-state index contributed by atoms with van der Waals surface area (Å²) in [6, 6.07) is 19.3. The Morgan fingerprint density at radius 3 is 2.00 bits per heavy atom. The Labute approximate surface area is 164 Å². The summed E-state index contributed by atoms with van der Waals surface area (Å²) < 4.78 is 38.7. The van der Waals surface area contributed by atoms with E-state index in [0.717, 1.165) is 23.3 Å². The number of benzene rings is 3. The number of rotatable bonds is 4. The Kier molecular flexibility index (Phi) is 5.82. The van der Waals surface area contributed by atoms with Gasteiger partial charge in [0.2, 0.25) is 0 Å². The van der Waals surface area contributed by atoms with Crippen molar-refractivity contribution in [3.63, 3.8) is 0 Å². The van der Waals surface area contributed by atoms with Crippen molar-refractivity contribution in [2.45, 2.75) is 6.18 Å². The first-order valence-corrected chi connectivity index (χ1v) is 8.44. The molecule has 0 heterocycles. The largest absolute Gasteiger partial charge is 0.420 e. The molecule has 2 N–H and O–H groups in total. The van der Waals surface area contributed by atoms with Crippen LogP contribution in [0.2, 0.25) is 0 Å². The van der Waals surface area contributed by atoms with E-state index in [9.17, 15) is 22.8 Å². The van der Waals surface area contributed by atoms with Crippen LogP contribution in [0.1, 0.15) is 15.9 Å². The number of hydroxylamine groups is 1. The number of hydrogen-bond acceptors (Lipinski definition) is 3. The quantitative estimate of drug-likeness (QED) is 0.618. The second kappa shape index (κ2) is 8.47. The number of imide groups is 1. The lowest BCUT2D eigenvalue weighted by Crippen LogP contribution is -2.41. The van der Waals surface area contributed by atoms with Gasteiger partial charge in [-0.2, -0.15) is 18.7 Å². The lowest BCUT2D eigenvalue weighted by Gasteiger charge is -2.13. The summed E-state index contributed by atoms with van der Waals surface area (Å²) in [5, 5.41) is 1.99. The van der Waals surface area contributed by atoms with Crippen molar-refractivity contribution >= 4 is 11.9 Å². The van der Waals surface area contributed by atoms with E-state index >= 15 is 0 Å². The number of carbonyl (C=O) groups excluding carboxylic acids is 2. The maximum atomic E-state index is 12.9. The molecule has 0 radical (unpaired) electrons. The fourth-order valence-corrected chi connectivity index (χ4v) is 2.54. The Morgan fingerprint density at radius 2 is 1.34 bits per heavy atom. The van der Waals surface area contributed by atoms with Crippen LogP contribution in [0.4, 0.5) is 18.0 Å². The van der Waals surface area contributed by atoms with Crippen LogP contribution in [0.25, 0.3) is 11.1 Å². The Bertz CT molecular complexity index is 1000. The maximum absolute atomic E-state index is 12.9. The van der Waals surface area contributed by atoms with Gasteiger partial charge in [-0.05, 0) is 35.4 Å². The molecule has 0 bridgehead atoms. The van der Waals surface area contributed by atoms with Crippen molar-refractivity contribution in [1.29, 1.82) is 0 Å². The predicted octanol–water partition coefficient (Wildman–Crippen LogP) is 4.81. The molecule has 0 unspecified atom stereocenters. The molecule has 8 heteroatoms. The molecule has 3 aromatic carbocycles. The van der Waals surface area contributed by atoms with Gasteiger partial charge in [-0.25, -0.2) is 4.79 Å². The van der Waals surface area contributed by atoms with Crippen molar-refractivity contribution in [2.24, 2.45) is 0 Å². The van der Waals surface area contributed by atoms with Crippen LogP contribution in [0.15, 0.2) is 78.9 Å². The van der Waals surface area contributed by atoms with Gasteiger partial charge in [0, 0.05) is 5.56 Å². The van der Waals surface area contributed by atoms with Crippen molar-refractivity contribution < 1.29 is 27.6 Å². The number of halogens is 3. The van der Waals surface area contributed by atoms with Crippen LogP contribution in [0.5, 0.6) is 5.75 Å². The Morgan fingerprint density at radius 1 is 0.759 bits per heavy atom. The maximum Gasteiger partial charge on any atom is 0.420 e. The molecule has 0 aliphatic carbocycles. The van der Waals surface area contributed by atoms with E-state index in [0.29, 0.717) is 0 Å². The molecule has 3 aromatic rings. The Hall–Kier alpha value is -3.81. The van der Waals surface area contributed by atoms with E-state index in [4.69, 9.17) is 4.84 Å². The van der Waals surface area contributed by atoms with Gasteiger partial charge in [0.1, 0.15) is 5.56 Å². The van der Waals surface area contributed by atoms with E-state index in [1.54, 1.807) is 17.6 Å². The molecule has 0 aromatic heterocycles. The third-order valence-corrected chi connectivity index (χ3v) is 3.93. The van der Waals surface area contributed by atoms with E-state index in [2.05, 4.69) is 0 Å². The van der Waals surface area contributed by atoms with Gasteiger partial charge in [-0.1, -0.05) is 54.6 Å². The molecular weight excluding hydrogens is 385 g/mol. The van der Waals surface area contributed by atoms with Crippen LogP contribution in [-0.2, 0) is 6.18 Å². The minimum atomic E-state index is -4.65. The minimum Gasteiger partial charge on any atom is -0.377 e. The van der Waals surface area contributed by atoms with Gasteiger partial charge in [0.05, 0.1) is 0 Å². The number of alkyl halides is 3. The van der Waals surface area contributed by atoms with E-state index in [1.165, 1.54) is 24.3 Å². The molecular formula is C21H15F3N2O3. The van der Waals surface area contributed by atoms with Crippen molar-refractivity contribution in [3.8, 4) is 16.9 Å². The molecule has 3 amide bonds. The molecule has 0 saturated carbocycles. The smallest absolute Gasteiger partial charge is 0.377 e. The van der Waals surface area contributed by atoms with Crippen molar-refractivity contribution in [1.82, 2.24) is 10.8 Å². The molecule has 29 heavy (non-hydrogen) atoms. The fourth-order valence-electron chi connectivity index (χ4n) is 2.54. The minimum absolute atomic E-state index is 0.204. The fraction of sp³-hybridized carbons (Fsp3) is 0.0476. The highest BCUT2D eigenvalue weighted by Gasteiger charge is 2.34. The molecule has 0 atom stereocenters. The van der Waals surface area contributed by atoms with Crippen LogP contribution >= 0.6 is 0 Å². The molecule has 0 fully saturated rings. The van der Waals surface area contributed by atoms with E-state index in [1.807, 2.05) is 35.6 Å². The highest BCUT2D eigenvalue weighted by atomic mass is 19.4. The van der Waals surface area contributed by atoms with Gasteiger partial charge < -0.3 is 4.84 Å². The first-order chi connectivity index (χ1) is 13.8. The zero-order valence-electron chi connectivity index (χ0n) is 14.9. The third-order valence-electron chi connectivity index (χ3n) is 3.93. The average molecular weight is 400 g/mol. The topological polar surface area (TPSA) is 67.4 Å². The van der Waals surface area contributed by atoms with Gasteiger partial charge in [0.15, 0.2) is 5.75 Å². The summed E-state index contributed by atoms with van der Waals surface area (Å²) in [6.07, 6.45) is -4.65.